The number of aromatic amines is 1. The van der Waals surface area contributed by atoms with Crippen LogP contribution < -0.4 is 0 Å². The highest BCUT2D eigenvalue weighted by Crippen LogP contribution is 2.45. The maximum Gasteiger partial charge on any atom is 0.176 e. The van der Waals surface area contributed by atoms with Crippen molar-refractivity contribution in [3.05, 3.63) is 59.7 Å². The molecule has 1 saturated heterocycles. The molecule has 2 aromatic carbocycles. The SMILES string of the molecule is O=C(CN1C[C@@H]2CC(O)(Cc3ccccc3)C[C@@H]2C1)c1ccc2[nH]nnc2c1. The summed E-state index contributed by atoms with van der Waals surface area (Å²) >= 11 is 0. The number of H-pyrrole nitrogens is 1. The van der Waals surface area contributed by atoms with Gasteiger partial charge in [-0.15, -0.1) is 5.10 Å². The van der Waals surface area contributed by atoms with Crippen LogP contribution in [-0.2, 0) is 6.42 Å². The van der Waals surface area contributed by atoms with Crippen LogP contribution in [0.4, 0.5) is 0 Å². The fourth-order valence-electron chi connectivity index (χ4n) is 5.12. The van der Waals surface area contributed by atoms with Gasteiger partial charge in [0, 0.05) is 25.1 Å². The van der Waals surface area contributed by atoms with Crippen LogP contribution in [0, 0.1) is 11.8 Å². The lowest BCUT2D eigenvalue weighted by Crippen LogP contribution is -2.34. The predicted molar refractivity (Wildman–Crippen MR) is 106 cm³/mol. The molecule has 3 aromatic rings. The molecule has 0 amide bonds. The quantitative estimate of drug-likeness (QED) is 0.669. The van der Waals surface area contributed by atoms with Gasteiger partial charge in [-0.2, -0.15) is 0 Å². The molecule has 1 aromatic heterocycles. The predicted octanol–water partition coefficient (Wildman–Crippen LogP) is 2.46. The van der Waals surface area contributed by atoms with E-state index < -0.39 is 5.60 Å². The Balaban J connectivity index is 1.20. The second kappa shape index (κ2) is 6.79. The number of fused-ring (bicyclic) bond motifs is 2. The van der Waals surface area contributed by atoms with Crippen LogP contribution in [0.25, 0.3) is 11.0 Å². The van der Waals surface area contributed by atoms with Crippen molar-refractivity contribution in [3.8, 4) is 0 Å². The van der Waals surface area contributed by atoms with Crippen LogP contribution in [0.2, 0.25) is 0 Å². The molecule has 2 fully saturated rings. The van der Waals surface area contributed by atoms with Gasteiger partial charge in [-0.1, -0.05) is 35.5 Å². The fraction of sp³-hybridized carbons (Fsp3) is 0.409. The van der Waals surface area contributed by atoms with Gasteiger partial charge in [0.2, 0.25) is 0 Å². The van der Waals surface area contributed by atoms with E-state index in [-0.39, 0.29) is 5.78 Å². The molecule has 1 unspecified atom stereocenters. The highest BCUT2D eigenvalue weighted by Gasteiger charge is 2.48. The van der Waals surface area contributed by atoms with Crippen molar-refractivity contribution >= 4 is 16.8 Å². The molecule has 1 aliphatic heterocycles. The molecule has 28 heavy (non-hydrogen) atoms. The Morgan fingerprint density at radius 1 is 1.14 bits per heavy atom. The second-order valence-corrected chi connectivity index (χ2v) is 8.48. The number of likely N-dealkylation sites (tertiary alicyclic amines) is 1. The first-order chi connectivity index (χ1) is 13.6. The summed E-state index contributed by atoms with van der Waals surface area (Å²) in [5, 5.41) is 21.6. The lowest BCUT2D eigenvalue weighted by Gasteiger charge is -2.26. The topological polar surface area (TPSA) is 82.1 Å². The lowest BCUT2D eigenvalue weighted by atomic mass is 9.91. The van der Waals surface area contributed by atoms with Gasteiger partial charge in [-0.3, -0.25) is 14.8 Å². The first kappa shape index (κ1) is 17.5. The largest absolute Gasteiger partial charge is 0.390 e. The Labute approximate surface area is 163 Å². The summed E-state index contributed by atoms with van der Waals surface area (Å²) in [4.78, 5) is 14.9. The summed E-state index contributed by atoms with van der Waals surface area (Å²) < 4.78 is 0. The Bertz CT molecular complexity index is 986. The van der Waals surface area contributed by atoms with Crippen molar-refractivity contribution in [2.24, 2.45) is 11.8 Å². The molecule has 2 N–H and O–H groups in total. The minimum atomic E-state index is -0.606. The fourth-order valence-corrected chi connectivity index (χ4v) is 5.12. The number of carbonyl (C=O) groups excluding carboxylic acids is 1. The van der Waals surface area contributed by atoms with Crippen LogP contribution in [0.1, 0.15) is 28.8 Å². The number of nitrogens with one attached hydrogen (secondary N) is 1. The number of carbonyl (C=O) groups is 1. The standard InChI is InChI=1S/C22H24N4O2/c27-21(16-6-7-19-20(8-16)24-25-23-19)14-26-12-17-10-22(28,11-18(17)13-26)9-15-4-2-1-3-5-15/h1-8,17-18,28H,9-14H2,(H,23,24,25)/t17-,18+,22?. The molecule has 1 saturated carbocycles. The van der Waals surface area contributed by atoms with Gasteiger partial charge in [-0.05, 0) is 48.4 Å². The van der Waals surface area contributed by atoms with E-state index >= 15 is 0 Å². The Morgan fingerprint density at radius 2 is 1.89 bits per heavy atom. The molecule has 2 aliphatic rings. The number of ketones is 1. The van der Waals surface area contributed by atoms with Gasteiger partial charge < -0.3 is 5.11 Å². The van der Waals surface area contributed by atoms with E-state index in [1.807, 2.05) is 30.3 Å². The molecule has 1 aliphatic carbocycles. The zero-order valence-corrected chi connectivity index (χ0v) is 15.7. The molecule has 6 nitrogen and oxygen atoms in total. The van der Waals surface area contributed by atoms with Gasteiger partial charge in [0.25, 0.3) is 0 Å². The first-order valence-electron chi connectivity index (χ1n) is 9.91. The third-order valence-electron chi connectivity index (χ3n) is 6.33. The Hall–Kier alpha value is -2.57. The monoisotopic (exact) mass is 376 g/mol. The average Bonchev–Trinajstić information content (AvgIpc) is 3.35. The van der Waals surface area contributed by atoms with E-state index in [0.717, 1.165) is 43.4 Å². The van der Waals surface area contributed by atoms with Crippen molar-refractivity contribution in [2.45, 2.75) is 24.9 Å². The number of aromatic nitrogens is 3. The normalized spacial score (nSPS) is 27.3. The summed E-state index contributed by atoms with van der Waals surface area (Å²) in [6, 6.07) is 15.7. The first-order valence-corrected chi connectivity index (χ1v) is 9.91. The van der Waals surface area contributed by atoms with E-state index in [1.54, 1.807) is 6.07 Å². The smallest absolute Gasteiger partial charge is 0.176 e. The summed E-state index contributed by atoms with van der Waals surface area (Å²) in [5.41, 5.74) is 2.82. The van der Waals surface area contributed by atoms with Crippen LogP contribution >= 0.6 is 0 Å². The maximum atomic E-state index is 12.7. The number of nitrogens with zero attached hydrogens (tertiary/aromatic N) is 3. The van der Waals surface area contributed by atoms with Crippen molar-refractivity contribution in [1.29, 1.82) is 0 Å². The zero-order valence-electron chi connectivity index (χ0n) is 15.7. The Morgan fingerprint density at radius 3 is 2.64 bits per heavy atom. The molecule has 0 spiro atoms. The van der Waals surface area contributed by atoms with Gasteiger partial charge >= 0.3 is 0 Å². The van der Waals surface area contributed by atoms with Crippen LogP contribution in [0.3, 0.4) is 0 Å². The molecule has 5 rings (SSSR count). The van der Waals surface area contributed by atoms with E-state index in [1.165, 1.54) is 5.56 Å². The number of benzene rings is 2. The summed E-state index contributed by atoms with van der Waals surface area (Å²) in [7, 11) is 0. The maximum absolute atomic E-state index is 12.7. The van der Waals surface area contributed by atoms with Crippen molar-refractivity contribution in [3.63, 3.8) is 0 Å². The minimum Gasteiger partial charge on any atom is -0.390 e. The summed E-state index contributed by atoms with van der Waals surface area (Å²) in [5.74, 6) is 1.06. The number of hydrogen-bond donors (Lipinski definition) is 2. The second-order valence-electron chi connectivity index (χ2n) is 8.48. The van der Waals surface area contributed by atoms with Crippen LogP contribution in [-0.4, -0.2) is 56.4 Å². The van der Waals surface area contributed by atoms with Gasteiger partial charge in [0.05, 0.1) is 17.7 Å². The third kappa shape index (κ3) is 3.34. The number of hydrogen-bond acceptors (Lipinski definition) is 5. The van der Waals surface area contributed by atoms with E-state index in [9.17, 15) is 9.90 Å². The van der Waals surface area contributed by atoms with Crippen LogP contribution in [0.15, 0.2) is 48.5 Å². The molecule has 0 bridgehead atoms. The molecule has 3 atom stereocenters. The summed E-state index contributed by atoms with van der Waals surface area (Å²) in [6.07, 6.45) is 2.36. The minimum absolute atomic E-state index is 0.115. The zero-order chi connectivity index (χ0) is 19.1. The highest BCUT2D eigenvalue weighted by molar-refractivity contribution is 6.00. The van der Waals surface area contributed by atoms with Gasteiger partial charge in [0.15, 0.2) is 5.78 Å². The van der Waals surface area contributed by atoms with E-state index in [2.05, 4.69) is 32.4 Å². The molecule has 0 radical (unpaired) electrons. The van der Waals surface area contributed by atoms with Crippen molar-refractivity contribution in [1.82, 2.24) is 20.3 Å². The average molecular weight is 376 g/mol. The molecular weight excluding hydrogens is 352 g/mol. The number of aliphatic hydroxyl groups is 1. The van der Waals surface area contributed by atoms with Crippen molar-refractivity contribution in [2.75, 3.05) is 19.6 Å². The molecule has 2 heterocycles. The third-order valence-corrected chi connectivity index (χ3v) is 6.33. The molecular formula is C22H24N4O2. The van der Waals surface area contributed by atoms with Gasteiger partial charge in [0.1, 0.15) is 5.52 Å². The van der Waals surface area contributed by atoms with Crippen molar-refractivity contribution < 1.29 is 9.90 Å². The van der Waals surface area contributed by atoms with Crippen LogP contribution in [0.5, 0.6) is 0 Å². The van der Waals surface area contributed by atoms with E-state index in [4.69, 9.17) is 0 Å². The number of rotatable bonds is 5. The highest BCUT2D eigenvalue weighted by atomic mass is 16.3. The van der Waals surface area contributed by atoms with E-state index in [0.29, 0.717) is 23.9 Å². The lowest BCUT2D eigenvalue weighted by molar-refractivity contribution is 0.0355. The Kier molecular flexibility index (Phi) is 4.25. The molecule has 144 valence electrons. The molecule has 6 heteroatoms. The summed E-state index contributed by atoms with van der Waals surface area (Å²) in [6.45, 7) is 2.20. The number of Topliss-reactive ketones (excluding diaryl/α,β-unsaturated/α-hetero) is 1. The van der Waals surface area contributed by atoms with Gasteiger partial charge in [-0.25, -0.2) is 0 Å².